The number of nitrogens with one attached hydrogen (secondary N) is 2. The van der Waals surface area contributed by atoms with Crippen LogP contribution in [0.1, 0.15) is 23.2 Å². The third-order valence-electron chi connectivity index (χ3n) is 4.89. The standard InChI is InChI=1S/C20H22FN3O7S2/c1-22-32(27,28)15-7-8-18(21)17(12-15)20(26)31-13-19(25)23-14-5-4-6-16(11-14)33(29,30)24-9-2-3-10-24/h4-8,11-12,22H,2-3,9-10,13H2,1H3,(H,23,25). The summed E-state index contributed by atoms with van der Waals surface area (Å²) in [4.78, 5) is 24.0. The summed E-state index contributed by atoms with van der Waals surface area (Å²) in [6, 6.07) is 8.22. The molecule has 10 nitrogen and oxygen atoms in total. The van der Waals surface area contributed by atoms with E-state index in [9.17, 15) is 30.8 Å². The van der Waals surface area contributed by atoms with Gasteiger partial charge in [-0.25, -0.2) is 30.7 Å². The van der Waals surface area contributed by atoms with Gasteiger partial charge in [-0.15, -0.1) is 0 Å². The molecular weight excluding hydrogens is 477 g/mol. The van der Waals surface area contributed by atoms with Gasteiger partial charge in [-0.2, -0.15) is 4.31 Å². The van der Waals surface area contributed by atoms with Gasteiger partial charge < -0.3 is 10.1 Å². The Labute approximate surface area is 190 Å². The van der Waals surface area contributed by atoms with Gasteiger partial charge in [0.1, 0.15) is 5.82 Å². The van der Waals surface area contributed by atoms with E-state index in [2.05, 4.69) is 5.32 Å². The van der Waals surface area contributed by atoms with Crippen molar-refractivity contribution >= 4 is 37.6 Å². The zero-order valence-electron chi connectivity index (χ0n) is 17.6. The van der Waals surface area contributed by atoms with Gasteiger partial charge in [-0.3, -0.25) is 4.79 Å². The second kappa shape index (κ2) is 9.95. The molecule has 0 spiro atoms. The van der Waals surface area contributed by atoms with Gasteiger partial charge in [-0.1, -0.05) is 6.07 Å². The maximum atomic E-state index is 14.0. The van der Waals surface area contributed by atoms with Crippen LogP contribution >= 0.6 is 0 Å². The first-order chi connectivity index (χ1) is 15.5. The Kier molecular flexibility index (Phi) is 7.47. The quantitative estimate of drug-likeness (QED) is 0.522. The van der Waals surface area contributed by atoms with Gasteiger partial charge in [0.05, 0.1) is 15.4 Å². The largest absolute Gasteiger partial charge is 0.452 e. The van der Waals surface area contributed by atoms with Crippen LogP contribution in [0.3, 0.4) is 0 Å². The molecule has 13 heteroatoms. The number of benzene rings is 2. The highest BCUT2D eigenvalue weighted by Gasteiger charge is 2.27. The molecule has 1 heterocycles. The molecular formula is C20H22FN3O7S2. The lowest BCUT2D eigenvalue weighted by Crippen LogP contribution is -2.28. The van der Waals surface area contributed by atoms with E-state index in [0.29, 0.717) is 13.1 Å². The molecule has 0 aromatic heterocycles. The number of hydrogen-bond acceptors (Lipinski definition) is 7. The number of rotatable bonds is 8. The summed E-state index contributed by atoms with van der Waals surface area (Å²) in [6.07, 6.45) is 1.57. The number of nitrogens with zero attached hydrogens (tertiary/aromatic N) is 1. The number of amides is 1. The summed E-state index contributed by atoms with van der Waals surface area (Å²) in [5.74, 6) is -3.05. The fraction of sp³-hybridized carbons (Fsp3) is 0.300. The molecule has 3 rings (SSSR count). The highest BCUT2D eigenvalue weighted by Crippen LogP contribution is 2.23. The Balaban J connectivity index is 1.66. The summed E-state index contributed by atoms with van der Waals surface area (Å²) >= 11 is 0. The Morgan fingerprint density at radius 2 is 1.73 bits per heavy atom. The Hall–Kier alpha value is -2.87. The molecule has 1 saturated heterocycles. The molecule has 33 heavy (non-hydrogen) atoms. The van der Waals surface area contributed by atoms with Gasteiger partial charge in [0.2, 0.25) is 20.0 Å². The van der Waals surface area contributed by atoms with Crippen molar-refractivity contribution in [2.24, 2.45) is 0 Å². The van der Waals surface area contributed by atoms with Crippen LogP contribution in [-0.2, 0) is 29.6 Å². The zero-order valence-corrected chi connectivity index (χ0v) is 19.2. The Morgan fingerprint density at radius 3 is 2.39 bits per heavy atom. The Bertz CT molecular complexity index is 1270. The predicted molar refractivity (Wildman–Crippen MR) is 116 cm³/mol. The van der Waals surface area contributed by atoms with Crippen molar-refractivity contribution < 1.29 is 35.6 Å². The summed E-state index contributed by atoms with van der Waals surface area (Å²) in [7, 11) is -6.44. The minimum Gasteiger partial charge on any atom is -0.452 e. The fourth-order valence-corrected chi connectivity index (χ4v) is 5.48. The van der Waals surface area contributed by atoms with Crippen LogP contribution in [0, 0.1) is 5.82 Å². The number of ether oxygens (including phenoxy) is 1. The minimum absolute atomic E-state index is 0.0174. The van der Waals surface area contributed by atoms with Crippen LogP contribution in [0.15, 0.2) is 52.3 Å². The van der Waals surface area contributed by atoms with Gasteiger partial charge in [0.15, 0.2) is 6.61 Å². The SMILES string of the molecule is CNS(=O)(=O)c1ccc(F)c(C(=O)OCC(=O)Nc2cccc(S(=O)(=O)N3CCCC3)c2)c1. The van der Waals surface area contributed by atoms with E-state index < -0.39 is 49.9 Å². The van der Waals surface area contributed by atoms with Crippen molar-refractivity contribution in [2.45, 2.75) is 22.6 Å². The predicted octanol–water partition coefficient (Wildman–Crippen LogP) is 1.31. The summed E-state index contributed by atoms with van der Waals surface area (Å²) < 4.78 is 71.2. The molecule has 2 aromatic carbocycles. The number of hydrogen-bond donors (Lipinski definition) is 2. The van der Waals surface area contributed by atoms with Crippen molar-refractivity contribution in [3.63, 3.8) is 0 Å². The maximum absolute atomic E-state index is 14.0. The number of carbonyl (C=O) groups excluding carboxylic acids is 2. The normalized spacial score (nSPS) is 14.7. The van der Waals surface area contributed by atoms with E-state index in [0.717, 1.165) is 38.1 Å². The molecule has 2 N–H and O–H groups in total. The van der Waals surface area contributed by atoms with E-state index in [1.165, 1.54) is 28.6 Å². The van der Waals surface area contributed by atoms with Gasteiger partial charge in [-0.05, 0) is 56.3 Å². The smallest absolute Gasteiger partial charge is 0.341 e. The van der Waals surface area contributed by atoms with Gasteiger partial charge >= 0.3 is 5.97 Å². The van der Waals surface area contributed by atoms with Gasteiger partial charge in [0.25, 0.3) is 5.91 Å². The van der Waals surface area contributed by atoms with Crippen molar-refractivity contribution in [3.8, 4) is 0 Å². The van der Waals surface area contributed by atoms with Gasteiger partial charge in [0, 0.05) is 18.8 Å². The van der Waals surface area contributed by atoms with Crippen molar-refractivity contribution in [1.29, 1.82) is 0 Å². The van der Waals surface area contributed by atoms with Crippen molar-refractivity contribution in [1.82, 2.24) is 9.03 Å². The molecule has 1 fully saturated rings. The molecule has 1 aliphatic heterocycles. The third kappa shape index (κ3) is 5.74. The van der Waals surface area contributed by atoms with E-state index in [1.54, 1.807) is 0 Å². The molecule has 2 aromatic rings. The van der Waals surface area contributed by atoms with E-state index in [-0.39, 0.29) is 15.5 Å². The highest BCUT2D eigenvalue weighted by molar-refractivity contribution is 7.89. The molecule has 1 amide bonds. The van der Waals surface area contributed by atoms with Crippen LogP contribution in [0.4, 0.5) is 10.1 Å². The molecule has 0 radical (unpaired) electrons. The van der Waals surface area contributed by atoms with Crippen LogP contribution < -0.4 is 10.0 Å². The molecule has 0 saturated carbocycles. The van der Waals surface area contributed by atoms with Crippen molar-refractivity contribution in [3.05, 3.63) is 53.8 Å². The van der Waals surface area contributed by atoms with Crippen LogP contribution in [-0.4, -0.2) is 59.8 Å². The average molecular weight is 500 g/mol. The topological polar surface area (TPSA) is 139 Å². The molecule has 0 unspecified atom stereocenters. The first-order valence-electron chi connectivity index (χ1n) is 9.85. The lowest BCUT2D eigenvalue weighted by Gasteiger charge is -2.16. The lowest BCUT2D eigenvalue weighted by molar-refractivity contribution is -0.119. The maximum Gasteiger partial charge on any atom is 0.341 e. The zero-order chi connectivity index (χ0) is 24.2. The van der Waals surface area contributed by atoms with Crippen LogP contribution in [0.25, 0.3) is 0 Å². The van der Waals surface area contributed by atoms with Crippen LogP contribution in [0.2, 0.25) is 0 Å². The van der Waals surface area contributed by atoms with E-state index in [1.807, 2.05) is 4.72 Å². The molecule has 0 aliphatic carbocycles. The first kappa shape index (κ1) is 24.8. The van der Waals surface area contributed by atoms with E-state index in [4.69, 9.17) is 4.74 Å². The molecule has 0 bridgehead atoms. The Morgan fingerprint density at radius 1 is 1.03 bits per heavy atom. The average Bonchev–Trinajstić information content (AvgIpc) is 3.34. The number of anilines is 1. The monoisotopic (exact) mass is 499 g/mol. The fourth-order valence-electron chi connectivity index (χ4n) is 3.16. The number of sulfonamides is 2. The van der Waals surface area contributed by atoms with Crippen LogP contribution in [0.5, 0.6) is 0 Å². The third-order valence-corrected chi connectivity index (χ3v) is 8.20. The molecule has 178 valence electrons. The molecule has 1 aliphatic rings. The number of carbonyl (C=O) groups is 2. The molecule has 0 atom stereocenters. The second-order valence-corrected chi connectivity index (χ2v) is 10.9. The minimum atomic E-state index is -3.92. The number of halogens is 1. The van der Waals surface area contributed by atoms with Crippen molar-refractivity contribution in [2.75, 3.05) is 32.1 Å². The summed E-state index contributed by atoms with van der Waals surface area (Å²) in [5, 5.41) is 2.41. The van der Waals surface area contributed by atoms with E-state index >= 15 is 0 Å². The lowest BCUT2D eigenvalue weighted by atomic mass is 10.2. The highest BCUT2D eigenvalue weighted by atomic mass is 32.2. The second-order valence-electron chi connectivity index (χ2n) is 7.11. The number of esters is 1. The first-order valence-corrected chi connectivity index (χ1v) is 12.8. The summed E-state index contributed by atoms with van der Waals surface area (Å²) in [6.45, 7) is 0.0644. The summed E-state index contributed by atoms with van der Waals surface area (Å²) in [5.41, 5.74) is -0.484.